The summed E-state index contributed by atoms with van der Waals surface area (Å²) in [6.45, 7) is 8.23. The molecular formula is C16H28FN3O3. The van der Waals surface area contributed by atoms with Gasteiger partial charge in [0.2, 0.25) is 5.91 Å². The van der Waals surface area contributed by atoms with Crippen LogP contribution in [0.25, 0.3) is 0 Å². The van der Waals surface area contributed by atoms with E-state index in [1.165, 1.54) is 0 Å². The van der Waals surface area contributed by atoms with Gasteiger partial charge in [0, 0.05) is 25.6 Å². The van der Waals surface area contributed by atoms with Crippen LogP contribution in [0.2, 0.25) is 0 Å². The molecule has 2 rings (SSSR count). The van der Waals surface area contributed by atoms with Gasteiger partial charge < -0.3 is 15.0 Å². The van der Waals surface area contributed by atoms with Crippen LogP contribution < -0.4 is 5.32 Å². The van der Waals surface area contributed by atoms with Crippen LogP contribution in [-0.2, 0) is 9.53 Å². The van der Waals surface area contributed by atoms with Gasteiger partial charge in [0.1, 0.15) is 11.8 Å². The minimum atomic E-state index is -0.980. The normalized spacial score (nSPS) is 25.7. The second-order valence-corrected chi connectivity index (χ2v) is 7.28. The summed E-state index contributed by atoms with van der Waals surface area (Å²) in [5.74, 6) is -0.120. The Morgan fingerprint density at radius 1 is 1.26 bits per heavy atom. The Hall–Kier alpha value is -1.37. The van der Waals surface area contributed by atoms with E-state index in [2.05, 4.69) is 10.2 Å². The number of nitrogens with one attached hydrogen (secondary N) is 1. The summed E-state index contributed by atoms with van der Waals surface area (Å²) in [4.78, 5) is 27.4. The average molecular weight is 329 g/mol. The number of likely N-dealkylation sites (tertiary alicyclic amines) is 2. The van der Waals surface area contributed by atoms with Gasteiger partial charge in [-0.25, -0.2) is 9.18 Å². The second kappa shape index (κ2) is 7.47. The van der Waals surface area contributed by atoms with Crippen molar-refractivity contribution in [2.75, 3.05) is 32.7 Å². The molecule has 0 spiro atoms. The van der Waals surface area contributed by atoms with E-state index in [-0.39, 0.29) is 31.5 Å². The lowest BCUT2D eigenvalue weighted by Gasteiger charge is -2.44. The molecule has 1 N–H and O–H groups in total. The zero-order chi connectivity index (χ0) is 17.0. The summed E-state index contributed by atoms with van der Waals surface area (Å²) in [5, 5.41) is 2.56. The van der Waals surface area contributed by atoms with Crippen molar-refractivity contribution in [1.29, 1.82) is 0 Å². The molecule has 23 heavy (non-hydrogen) atoms. The molecule has 2 aliphatic heterocycles. The Morgan fingerprint density at radius 2 is 1.96 bits per heavy atom. The third-order valence-corrected chi connectivity index (χ3v) is 4.23. The van der Waals surface area contributed by atoms with Crippen molar-refractivity contribution in [3.05, 3.63) is 0 Å². The van der Waals surface area contributed by atoms with Crippen LogP contribution in [0.15, 0.2) is 0 Å². The number of ether oxygens (including phenoxy) is 1. The SMILES string of the molecule is CC(C)(C)OC(=O)NCCC(=O)N1CC[C@H](N2CCC2)[C@@H](F)C1. The largest absolute Gasteiger partial charge is 0.444 e. The smallest absolute Gasteiger partial charge is 0.407 e. The van der Waals surface area contributed by atoms with E-state index in [0.29, 0.717) is 13.0 Å². The van der Waals surface area contributed by atoms with Crippen molar-refractivity contribution < 1.29 is 18.7 Å². The molecule has 2 atom stereocenters. The molecule has 7 heteroatoms. The number of carbonyl (C=O) groups excluding carboxylic acids is 2. The van der Waals surface area contributed by atoms with E-state index >= 15 is 0 Å². The summed E-state index contributed by atoms with van der Waals surface area (Å²) in [7, 11) is 0. The van der Waals surface area contributed by atoms with Gasteiger partial charge in [-0.15, -0.1) is 0 Å². The Kier molecular flexibility index (Phi) is 5.84. The fourth-order valence-corrected chi connectivity index (χ4v) is 2.95. The summed E-state index contributed by atoms with van der Waals surface area (Å²) >= 11 is 0. The summed E-state index contributed by atoms with van der Waals surface area (Å²) in [6, 6.07) is -0.0345. The van der Waals surface area contributed by atoms with Crippen molar-refractivity contribution in [2.24, 2.45) is 0 Å². The molecule has 0 aliphatic carbocycles. The third kappa shape index (κ3) is 5.34. The number of carbonyl (C=O) groups is 2. The number of amides is 2. The quantitative estimate of drug-likeness (QED) is 0.850. The molecule has 0 aromatic heterocycles. The fraction of sp³-hybridized carbons (Fsp3) is 0.875. The maximum atomic E-state index is 14.2. The molecule has 0 radical (unpaired) electrons. The molecule has 2 aliphatic rings. The molecule has 2 amide bonds. The lowest BCUT2D eigenvalue weighted by molar-refractivity contribution is -0.135. The van der Waals surface area contributed by atoms with Crippen LogP contribution >= 0.6 is 0 Å². The number of halogens is 1. The van der Waals surface area contributed by atoms with Gasteiger partial charge in [-0.05, 0) is 46.7 Å². The first kappa shape index (κ1) is 18.0. The molecule has 0 unspecified atom stereocenters. The maximum absolute atomic E-state index is 14.2. The predicted molar refractivity (Wildman–Crippen MR) is 84.9 cm³/mol. The van der Waals surface area contributed by atoms with Gasteiger partial charge in [-0.2, -0.15) is 0 Å². The molecule has 132 valence electrons. The van der Waals surface area contributed by atoms with Crippen LogP contribution in [0.4, 0.5) is 9.18 Å². The molecule has 0 saturated carbocycles. The third-order valence-electron chi connectivity index (χ3n) is 4.23. The molecular weight excluding hydrogens is 301 g/mol. The van der Waals surface area contributed by atoms with Crippen LogP contribution in [0, 0.1) is 0 Å². The average Bonchev–Trinajstić information content (AvgIpc) is 2.36. The Balaban J connectivity index is 1.67. The van der Waals surface area contributed by atoms with Crippen molar-refractivity contribution >= 4 is 12.0 Å². The highest BCUT2D eigenvalue weighted by Crippen LogP contribution is 2.24. The lowest BCUT2D eigenvalue weighted by Crippen LogP contribution is -2.57. The summed E-state index contributed by atoms with van der Waals surface area (Å²) < 4.78 is 19.3. The zero-order valence-corrected chi connectivity index (χ0v) is 14.3. The van der Waals surface area contributed by atoms with Gasteiger partial charge in [-0.1, -0.05) is 0 Å². The number of piperidine rings is 1. The van der Waals surface area contributed by atoms with Gasteiger partial charge >= 0.3 is 6.09 Å². The topological polar surface area (TPSA) is 61.9 Å². The van der Waals surface area contributed by atoms with E-state index in [4.69, 9.17) is 4.74 Å². The predicted octanol–water partition coefficient (Wildman–Crippen LogP) is 1.55. The van der Waals surface area contributed by atoms with E-state index in [0.717, 1.165) is 19.5 Å². The minimum absolute atomic E-state index is 0.0345. The summed E-state index contributed by atoms with van der Waals surface area (Å²) in [5.41, 5.74) is -0.561. The fourth-order valence-electron chi connectivity index (χ4n) is 2.95. The molecule has 2 fully saturated rings. The minimum Gasteiger partial charge on any atom is -0.444 e. The number of hydrogen-bond acceptors (Lipinski definition) is 4. The molecule has 2 saturated heterocycles. The number of alkyl carbamates (subject to hydrolysis) is 1. The van der Waals surface area contributed by atoms with Crippen molar-refractivity contribution in [2.45, 2.75) is 57.8 Å². The van der Waals surface area contributed by atoms with E-state index in [9.17, 15) is 14.0 Å². The standard InChI is InChI=1S/C16H28FN3O3/c1-16(2,3)23-15(22)18-7-5-14(21)20-10-6-13(12(17)11-20)19-8-4-9-19/h12-13H,4-11H2,1-3H3,(H,18,22)/t12-,13-/m0/s1. The van der Waals surface area contributed by atoms with E-state index in [1.54, 1.807) is 25.7 Å². The first-order chi connectivity index (χ1) is 10.8. The van der Waals surface area contributed by atoms with Gasteiger partial charge in [0.15, 0.2) is 0 Å². The Morgan fingerprint density at radius 3 is 2.48 bits per heavy atom. The number of hydrogen-bond donors (Lipinski definition) is 1. The van der Waals surface area contributed by atoms with Crippen LogP contribution in [0.3, 0.4) is 0 Å². The first-order valence-electron chi connectivity index (χ1n) is 8.39. The second-order valence-electron chi connectivity index (χ2n) is 7.28. The van der Waals surface area contributed by atoms with Gasteiger partial charge in [-0.3, -0.25) is 9.69 Å². The van der Waals surface area contributed by atoms with Crippen molar-refractivity contribution in [1.82, 2.24) is 15.1 Å². The number of rotatable bonds is 4. The highest BCUT2D eigenvalue weighted by Gasteiger charge is 2.36. The molecule has 0 aromatic rings. The zero-order valence-electron chi connectivity index (χ0n) is 14.3. The van der Waals surface area contributed by atoms with E-state index in [1.807, 2.05) is 0 Å². The van der Waals surface area contributed by atoms with Crippen LogP contribution in [0.5, 0.6) is 0 Å². The Bertz CT molecular complexity index is 435. The summed E-state index contributed by atoms with van der Waals surface area (Å²) in [6.07, 6.45) is 0.478. The van der Waals surface area contributed by atoms with Crippen molar-refractivity contribution in [3.8, 4) is 0 Å². The molecule has 0 bridgehead atoms. The maximum Gasteiger partial charge on any atom is 0.407 e. The molecule has 6 nitrogen and oxygen atoms in total. The highest BCUT2D eigenvalue weighted by molar-refractivity contribution is 5.77. The number of nitrogens with zero attached hydrogens (tertiary/aromatic N) is 2. The monoisotopic (exact) mass is 329 g/mol. The number of alkyl halides is 1. The van der Waals surface area contributed by atoms with Gasteiger partial charge in [0.05, 0.1) is 6.54 Å². The van der Waals surface area contributed by atoms with E-state index < -0.39 is 17.9 Å². The lowest BCUT2D eigenvalue weighted by atomic mass is 9.98. The van der Waals surface area contributed by atoms with Crippen LogP contribution in [-0.4, -0.2) is 72.3 Å². The molecule has 0 aromatic carbocycles. The van der Waals surface area contributed by atoms with Crippen LogP contribution in [0.1, 0.15) is 40.0 Å². The van der Waals surface area contributed by atoms with Crippen molar-refractivity contribution in [3.63, 3.8) is 0 Å². The highest BCUT2D eigenvalue weighted by atomic mass is 19.1. The van der Waals surface area contributed by atoms with Gasteiger partial charge in [0.25, 0.3) is 0 Å². The molecule has 2 heterocycles. The Labute approximate surface area is 137 Å². The first-order valence-corrected chi connectivity index (χ1v) is 8.39.